The van der Waals surface area contributed by atoms with Crippen LogP contribution in [0.15, 0.2) is 41.0 Å². The summed E-state index contributed by atoms with van der Waals surface area (Å²) in [6, 6.07) is 9.86. The first-order chi connectivity index (χ1) is 9.65. The Labute approximate surface area is 125 Å². The Hall–Kier alpha value is -1.88. The molecule has 0 atom stereocenters. The molecule has 0 spiro atoms. The van der Waals surface area contributed by atoms with E-state index in [1.807, 2.05) is 37.3 Å². The Morgan fingerprint density at radius 1 is 1.40 bits per heavy atom. The lowest BCUT2D eigenvalue weighted by Crippen LogP contribution is -2.39. The van der Waals surface area contributed by atoms with E-state index in [9.17, 15) is 4.79 Å². The second kappa shape index (κ2) is 5.25. The number of carbonyl (C=O) groups excluding carboxylic acids is 1. The molecular weight excluding hydrogens is 320 g/mol. The first-order valence-corrected chi connectivity index (χ1v) is 7.07. The Kier molecular flexibility index (Phi) is 3.44. The predicted molar refractivity (Wildman–Crippen MR) is 79.8 cm³/mol. The Morgan fingerprint density at radius 2 is 2.20 bits per heavy atom. The second-order valence-corrected chi connectivity index (χ2v) is 5.59. The Morgan fingerprint density at radius 3 is 3.00 bits per heavy atom. The Bertz CT molecular complexity index is 673. The first kappa shape index (κ1) is 13.1. The number of carbonyl (C=O) groups is 1. The lowest BCUT2D eigenvalue weighted by atomic mass is 10.1. The molecule has 102 valence electrons. The number of ether oxygens (including phenoxy) is 1. The third-order valence-corrected chi connectivity index (χ3v) is 3.73. The summed E-state index contributed by atoms with van der Waals surface area (Å²) in [7, 11) is 0. The molecular formula is C15H13BrN2O2. The van der Waals surface area contributed by atoms with E-state index in [1.54, 1.807) is 11.1 Å². The lowest BCUT2D eigenvalue weighted by Gasteiger charge is -2.28. The zero-order chi connectivity index (χ0) is 14.1. The highest BCUT2D eigenvalue weighted by molar-refractivity contribution is 9.10. The summed E-state index contributed by atoms with van der Waals surface area (Å²) in [6.07, 6.45) is 1.67. The molecule has 1 aromatic carbocycles. The fourth-order valence-electron chi connectivity index (χ4n) is 2.18. The van der Waals surface area contributed by atoms with E-state index in [-0.39, 0.29) is 12.5 Å². The van der Waals surface area contributed by atoms with Gasteiger partial charge in [0.1, 0.15) is 0 Å². The van der Waals surface area contributed by atoms with E-state index >= 15 is 0 Å². The fraction of sp³-hybridized carbons (Fsp3) is 0.200. The van der Waals surface area contributed by atoms with E-state index in [4.69, 9.17) is 4.74 Å². The van der Waals surface area contributed by atoms with Gasteiger partial charge in [-0.2, -0.15) is 0 Å². The van der Waals surface area contributed by atoms with E-state index < -0.39 is 0 Å². The average Bonchev–Trinajstić information content (AvgIpc) is 2.44. The average molecular weight is 333 g/mol. The number of nitrogens with zero attached hydrogens (tertiary/aromatic N) is 2. The number of pyridine rings is 1. The van der Waals surface area contributed by atoms with Crippen LogP contribution in [0.5, 0.6) is 5.75 Å². The first-order valence-electron chi connectivity index (χ1n) is 6.28. The van der Waals surface area contributed by atoms with Crippen molar-refractivity contribution in [2.75, 3.05) is 11.5 Å². The molecule has 0 radical (unpaired) electrons. The van der Waals surface area contributed by atoms with Gasteiger partial charge in [-0.1, -0.05) is 24.3 Å². The van der Waals surface area contributed by atoms with Crippen LogP contribution >= 0.6 is 15.9 Å². The van der Waals surface area contributed by atoms with Crippen molar-refractivity contribution in [3.8, 4) is 5.75 Å². The van der Waals surface area contributed by atoms with Crippen LogP contribution in [-0.4, -0.2) is 17.5 Å². The topological polar surface area (TPSA) is 42.4 Å². The maximum atomic E-state index is 12.1. The van der Waals surface area contributed by atoms with Crippen LogP contribution in [0.1, 0.15) is 11.1 Å². The molecule has 3 rings (SSSR count). The van der Waals surface area contributed by atoms with Crippen molar-refractivity contribution in [2.24, 2.45) is 0 Å². The molecule has 1 amide bonds. The minimum absolute atomic E-state index is 0.0526. The van der Waals surface area contributed by atoms with Crippen molar-refractivity contribution < 1.29 is 9.53 Å². The van der Waals surface area contributed by atoms with E-state index in [0.29, 0.717) is 18.1 Å². The monoisotopic (exact) mass is 332 g/mol. The maximum Gasteiger partial charge on any atom is 0.266 e. The number of rotatable bonds is 2. The number of hydrogen-bond donors (Lipinski definition) is 0. The summed E-state index contributed by atoms with van der Waals surface area (Å²) in [5.74, 6) is 1.14. The quantitative estimate of drug-likeness (QED) is 0.848. The highest BCUT2D eigenvalue weighted by Gasteiger charge is 2.27. The van der Waals surface area contributed by atoms with Gasteiger partial charge in [0.15, 0.2) is 18.2 Å². The predicted octanol–water partition coefficient (Wildman–Crippen LogP) is 3.08. The summed E-state index contributed by atoms with van der Waals surface area (Å²) in [4.78, 5) is 18.1. The molecule has 0 saturated carbocycles. The molecule has 2 heterocycles. The highest BCUT2D eigenvalue weighted by atomic mass is 79.9. The lowest BCUT2D eigenvalue weighted by molar-refractivity contribution is -0.121. The van der Waals surface area contributed by atoms with Crippen LogP contribution in [0.2, 0.25) is 0 Å². The normalized spacial score (nSPS) is 13.9. The van der Waals surface area contributed by atoms with Crippen LogP contribution < -0.4 is 9.64 Å². The maximum absolute atomic E-state index is 12.1. The zero-order valence-electron chi connectivity index (χ0n) is 11.0. The molecule has 2 aromatic rings. The Balaban J connectivity index is 1.97. The molecule has 0 unspecified atom stereocenters. The van der Waals surface area contributed by atoms with Crippen molar-refractivity contribution in [1.82, 2.24) is 4.98 Å². The minimum atomic E-state index is -0.0735. The zero-order valence-corrected chi connectivity index (χ0v) is 12.6. The van der Waals surface area contributed by atoms with Gasteiger partial charge in [-0.3, -0.25) is 9.69 Å². The van der Waals surface area contributed by atoms with Gasteiger partial charge in [0.25, 0.3) is 5.91 Å². The minimum Gasteiger partial charge on any atom is -0.480 e. The molecule has 1 aliphatic rings. The smallest absolute Gasteiger partial charge is 0.266 e. The van der Waals surface area contributed by atoms with Crippen LogP contribution in [0, 0.1) is 6.92 Å². The number of amides is 1. The van der Waals surface area contributed by atoms with E-state index in [0.717, 1.165) is 15.6 Å². The third-order valence-electron chi connectivity index (χ3n) is 3.30. The standard InChI is InChI=1S/C15H13BrN2O2/c1-10-4-2-3-5-11(10)8-18-14(19)9-20-13-6-12(16)7-17-15(13)18/h2-7H,8-9H2,1H3. The van der Waals surface area contributed by atoms with Gasteiger partial charge in [0, 0.05) is 10.7 Å². The number of anilines is 1. The third kappa shape index (κ3) is 2.41. The molecule has 0 bridgehead atoms. The van der Waals surface area contributed by atoms with Gasteiger partial charge < -0.3 is 4.74 Å². The van der Waals surface area contributed by atoms with Gasteiger partial charge in [0.05, 0.1) is 6.54 Å². The summed E-state index contributed by atoms with van der Waals surface area (Å²) in [5, 5.41) is 0. The van der Waals surface area contributed by atoms with Crippen LogP contribution in [0.4, 0.5) is 5.82 Å². The molecule has 5 heteroatoms. The summed E-state index contributed by atoms with van der Waals surface area (Å²) in [6.45, 7) is 2.60. The highest BCUT2D eigenvalue weighted by Crippen LogP contribution is 2.33. The van der Waals surface area contributed by atoms with Crippen molar-refractivity contribution in [1.29, 1.82) is 0 Å². The number of aromatic nitrogens is 1. The fourth-order valence-corrected chi connectivity index (χ4v) is 2.49. The molecule has 0 fully saturated rings. The molecule has 0 saturated heterocycles. The molecule has 1 aliphatic heterocycles. The molecule has 0 aliphatic carbocycles. The number of fused-ring (bicyclic) bond motifs is 1. The van der Waals surface area contributed by atoms with Gasteiger partial charge in [-0.05, 0) is 40.0 Å². The van der Waals surface area contributed by atoms with Crippen molar-refractivity contribution in [2.45, 2.75) is 13.5 Å². The van der Waals surface area contributed by atoms with Crippen LogP contribution in [0.25, 0.3) is 0 Å². The van der Waals surface area contributed by atoms with Crippen molar-refractivity contribution in [3.05, 3.63) is 52.1 Å². The van der Waals surface area contributed by atoms with Crippen molar-refractivity contribution in [3.63, 3.8) is 0 Å². The number of benzene rings is 1. The van der Waals surface area contributed by atoms with Crippen LogP contribution in [0.3, 0.4) is 0 Å². The number of hydrogen-bond acceptors (Lipinski definition) is 3. The largest absolute Gasteiger partial charge is 0.480 e. The number of halogens is 1. The van der Waals surface area contributed by atoms with E-state index in [1.165, 1.54) is 0 Å². The van der Waals surface area contributed by atoms with Gasteiger partial charge in [0.2, 0.25) is 0 Å². The van der Waals surface area contributed by atoms with Crippen molar-refractivity contribution >= 4 is 27.7 Å². The SMILES string of the molecule is Cc1ccccc1CN1C(=O)COc2cc(Br)cnc21. The van der Waals surface area contributed by atoms with Gasteiger partial charge in [-0.25, -0.2) is 4.98 Å². The molecule has 0 N–H and O–H groups in total. The molecule has 20 heavy (non-hydrogen) atoms. The summed E-state index contributed by atoms with van der Waals surface area (Å²) >= 11 is 3.36. The molecule has 1 aromatic heterocycles. The summed E-state index contributed by atoms with van der Waals surface area (Å²) < 4.78 is 6.27. The molecule has 4 nitrogen and oxygen atoms in total. The van der Waals surface area contributed by atoms with Gasteiger partial charge >= 0.3 is 0 Å². The number of aryl methyl sites for hydroxylation is 1. The van der Waals surface area contributed by atoms with Gasteiger partial charge in [-0.15, -0.1) is 0 Å². The van der Waals surface area contributed by atoms with Crippen LogP contribution in [-0.2, 0) is 11.3 Å². The second-order valence-electron chi connectivity index (χ2n) is 4.67. The van der Waals surface area contributed by atoms with E-state index in [2.05, 4.69) is 20.9 Å². The summed E-state index contributed by atoms with van der Waals surface area (Å²) in [5.41, 5.74) is 2.27.